The van der Waals surface area contributed by atoms with Gasteiger partial charge in [-0.1, -0.05) is 13.8 Å². The number of hydrogen-bond acceptors (Lipinski definition) is 3. The standard InChI is InChI=1S/C12H19N3/c1-4-13-12-9-6-5-7-10(9)14-11(15-12)8(2)3/h8H,4-7H2,1-3H3,(H,13,14,15). The van der Waals surface area contributed by atoms with Crippen molar-refractivity contribution in [2.24, 2.45) is 0 Å². The summed E-state index contributed by atoms with van der Waals surface area (Å²) in [5, 5.41) is 3.35. The first-order valence-corrected chi connectivity index (χ1v) is 5.86. The Morgan fingerprint density at radius 3 is 2.73 bits per heavy atom. The SMILES string of the molecule is CCNc1nc(C(C)C)nc2c1CCC2. The van der Waals surface area contributed by atoms with E-state index in [1.54, 1.807) is 0 Å². The van der Waals surface area contributed by atoms with Gasteiger partial charge >= 0.3 is 0 Å². The van der Waals surface area contributed by atoms with Crippen LogP contribution < -0.4 is 5.32 Å². The van der Waals surface area contributed by atoms with Gasteiger partial charge in [0.2, 0.25) is 0 Å². The van der Waals surface area contributed by atoms with Crippen molar-refractivity contribution in [3.8, 4) is 0 Å². The fourth-order valence-electron chi connectivity index (χ4n) is 2.02. The molecule has 3 heteroatoms. The molecule has 0 fully saturated rings. The van der Waals surface area contributed by atoms with Gasteiger partial charge in [0, 0.05) is 23.7 Å². The van der Waals surface area contributed by atoms with Crippen LogP contribution in [0.25, 0.3) is 0 Å². The van der Waals surface area contributed by atoms with Gasteiger partial charge in [0.05, 0.1) is 0 Å². The molecule has 0 radical (unpaired) electrons. The molecule has 0 unspecified atom stereocenters. The Morgan fingerprint density at radius 2 is 2.07 bits per heavy atom. The minimum atomic E-state index is 0.410. The molecular formula is C12H19N3. The van der Waals surface area contributed by atoms with E-state index in [4.69, 9.17) is 0 Å². The lowest BCUT2D eigenvalue weighted by Crippen LogP contribution is -2.09. The van der Waals surface area contributed by atoms with Crippen LogP contribution in [0.3, 0.4) is 0 Å². The summed E-state index contributed by atoms with van der Waals surface area (Å²) < 4.78 is 0. The van der Waals surface area contributed by atoms with Crippen molar-refractivity contribution < 1.29 is 0 Å². The molecule has 2 rings (SSSR count). The molecule has 1 aliphatic carbocycles. The van der Waals surface area contributed by atoms with Gasteiger partial charge in [-0.25, -0.2) is 9.97 Å². The van der Waals surface area contributed by atoms with Gasteiger partial charge in [0.25, 0.3) is 0 Å². The lowest BCUT2D eigenvalue weighted by Gasteiger charge is -2.12. The Morgan fingerprint density at radius 1 is 1.27 bits per heavy atom. The van der Waals surface area contributed by atoms with E-state index in [2.05, 4.69) is 36.1 Å². The van der Waals surface area contributed by atoms with Gasteiger partial charge in [-0.15, -0.1) is 0 Å². The third kappa shape index (κ3) is 1.96. The minimum absolute atomic E-state index is 0.410. The monoisotopic (exact) mass is 205 g/mol. The normalized spacial score (nSPS) is 14.4. The van der Waals surface area contributed by atoms with Gasteiger partial charge in [-0.05, 0) is 26.2 Å². The van der Waals surface area contributed by atoms with Crippen LogP contribution in [-0.2, 0) is 12.8 Å². The van der Waals surface area contributed by atoms with E-state index < -0.39 is 0 Å². The summed E-state index contributed by atoms with van der Waals surface area (Å²) in [5.74, 6) is 2.46. The van der Waals surface area contributed by atoms with Crippen LogP contribution in [0.4, 0.5) is 5.82 Å². The van der Waals surface area contributed by atoms with Crippen LogP contribution >= 0.6 is 0 Å². The summed E-state index contributed by atoms with van der Waals surface area (Å²) in [6.07, 6.45) is 3.48. The predicted octanol–water partition coefficient (Wildman–Crippen LogP) is 2.52. The zero-order chi connectivity index (χ0) is 10.8. The predicted molar refractivity (Wildman–Crippen MR) is 62.3 cm³/mol. The number of nitrogens with one attached hydrogen (secondary N) is 1. The fraction of sp³-hybridized carbons (Fsp3) is 0.667. The summed E-state index contributed by atoms with van der Waals surface area (Å²) in [4.78, 5) is 9.26. The summed E-state index contributed by atoms with van der Waals surface area (Å²) in [6.45, 7) is 7.33. The van der Waals surface area contributed by atoms with Crippen molar-refractivity contribution >= 4 is 5.82 Å². The Hall–Kier alpha value is -1.12. The molecule has 0 bridgehead atoms. The van der Waals surface area contributed by atoms with E-state index in [1.807, 2.05) is 0 Å². The lowest BCUT2D eigenvalue weighted by atomic mass is 10.1. The maximum absolute atomic E-state index is 4.64. The molecule has 1 heterocycles. The van der Waals surface area contributed by atoms with Crippen LogP contribution in [-0.4, -0.2) is 16.5 Å². The molecule has 0 saturated heterocycles. The quantitative estimate of drug-likeness (QED) is 0.824. The van der Waals surface area contributed by atoms with E-state index in [9.17, 15) is 0 Å². The first-order valence-electron chi connectivity index (χ1n) is 5.86. The van der Waals surface area contributed by atoms with Crippen LogP contribution in [0.5, 0.6) is 0 Å². The molecule has 3 nitrogen and oxygen atoms in total. The average Bonchev–Trinajstić information content (AvgIpc) is 2.65. The molecule has 82 valence electrons. The Labute approximate surface area is 91.3 Å². The molecule has 0 aromatic carbocycles. The fourth-order valence-corrected chi connectivity index (χ4v) is 2.02. The Kier molecular flexibility index (Phi) is 2.89. The number of anilines is 1. The topological polar surface area (TPSA) is 37.8 Å². The third-order valence-corrected chi connectivity index (χ3v) is 2.81. The van der Waals surface area contributed by atoms with Gasteiger partial charge in [-0.2, -0.15) is 0 Å². The van der Waals surface area contributed by atoms with E-state index in [1.165, 1.54) is 17.7 Å². The number of rotatable bonds is 3. The molecule has 1 aromatic rings. The molecule has 1 N–H and O–H groups in total. The van der Waals surface area contributed by atoms with Crippen molar-refractivity contribution in [1.29, 1.82) is 0 Å². The maximum atomic E-state index is 4.64. The molecule has 0 atom stereocenters. The van der Waals surface area contributed by atoms with Crippen molar-refractivity contribution in [2.45, 2.75) is 46.0 Å². The van der Waals surface area contributed by atoms with Gasteiger partial charge in [0.1, 0.15) is 11.6 Å². The number of aryl methyl sites for hydroxylation is 1. The van der Waals surface area contributed by atoms with E-state index in [-0.39, 0.29) is 0 Å². The average molecular weight is 205 g/mol. The molecule has 0 saturated carbocycles. The highest BCUT2D eigenvalue weighted by atomic mass is 15.0. The maximum Gasteiger partial charge on any atom is 0.133 e. The summed E-state index contributed by atoms with van der Waals surface area (Å²) in [6, 6.07) is 0. The van der Waals surface area contributed by atoms with E-state index in [0.717, 1.165) is 31.0 Å². The van der Waals surface area contributed by atoms with Crippen molar-refractivity contribution in [2.75, 3.05) is 11.9 Å². The second-order valence-corrected chi connectivity index (χ2v) is 4.39. The second-order valence-electron chi connectivity index (χ2n) is 4.39. The first kappa shape index (κ1) is 10.4. The zero-order valence-electron chi connectivity index (χ0n) is 9.80. The van der Waals surface area contributed by atoms with Crippen LogP contribution in [0, 0.1) is 0 Å². The highest BCUT2D eigenvalue weighted by molar-refractivity contribution is 5.48. The highest BCUT2D eigenvalue weighted by Gasteiger charge is 2.19. The lowest BCUT2D eigenvalue weighted by molar-refractivity contribution is 0.761. The van der Waals surface area contributed by atoms with Crippen LogP contribution in [0.1, 0.15) is 50.2 Å². The second kappa shape index (κ2) is 4.17. The van der Waals surface area contributed by atoms with E-state index in [0.29, 0.717) is 5.92 Å². The molecule has 0 amide bonds. The summed E-state index contributed by atoms with van der Waals surface area (Å²) in [5.41, 5.74) is 2.62. The highest BCUT2D eigenvalue weighted by Crippen LogP contribution is 2.27. The van der Waals surface area contributed by atoms with Crippen LogP contribution in [0.2, 0.25) is 0 Å². The Balaban J connectivity index is 2.43. The molecule has 1 aliphatic rings. The minimum Gasteiger partial charge on any atom is -0.370 e. The number of hydrogen-bond donors (Lipinski definition) is 1. The Bertz CT molecular complexity index is 358. The smallest absolute Gasteiger partial charge is 0.133 e. The van der Waals surface area contributed by atoms with Crippen LogP contribution in [0.15, 0.2) is 0 Å². The summed E-state index contributed by atoms with van der Waals surface area (Å²) in [7, 11) is 0. The molecule has 0 aliphatic heterocycles. The number of aromatic nitrogens is 2. The van der Waals surface area contributed by atoms with Gasteiger partial charge < -0.3 is 5.32 Å². The van der Waals surface area contributed by atoms with Gasteiger partial charge in [0.15, 0.2) is 0 Å². The third-order valence-electron chi connectivity index (χ3n) is 2.81. The van der Waals surface area contributed by atoms with Crippen molar-refractivity contribution in [3.05, 3.63) is 17.1 Å². The first-order chi connectivity index (χ1) is 7.22. The zero-order valence-corrected chi connectivity index (χ0v) is 9.80. The van der Waals surface area contributed by atoms with Crippen molar-refractivity contribution in [1.82, 2.24) is 9.97 Å². The van der Waals surface area contributed by atoms with Crippen molar-refractivity contribution in [3.63, 3.8) is 0 Å². The molecule has 15 heavy (non-hydrogen) atoms. The van der Waals surface area contributed by atoms with Gasteiger partial charge in [-0.3, -0.25) is 0 Å². The number of fused-ring (bicyclic) bond motifs is 1. The van der Waals surface area contributed by atoms with E-state index >= 15 is 0 Å². The summed E-state index contributed by atoms with van der Waals surface area (Å²) >= 11 is 0. The molecule has 1 aromatic heterocycles. The number of nitrogens with zero attached hydrogens (tertiary/aromatic N) is 2. The molecule has 0 spiro atoms. The largest absolute Gasteiger partial charge is 0.370 e. The molecular weight excluding hydrogens is 186 g/mol.